The molecular weight excluding hydrogens is 139 g/mol. The third-order valence-electron chi connectivity index (χ3n) is 0.333. The number of rotatable bonds is 1. The molecule has 0 aliphatic carbocycles. The zero-order valence-electron chi connectivity index (χ0n) is 3.65. The Kier molecular flexibility index (Phi) is 3.41. The van der Waals surface area contributed by atoms with Gasteiger partial charge < -0.3 is 0 Å². The van der Waals surface area contributed by atoms with Gasteiger partial charge in [-0.1, -0.05) is 0 Å². The van der Waals surface area contributed by atoms with Crippen LogP contribution in [-0.2, 0) is 24.2 Å². The Balaban J connectivity index is 2.83. The first-order valence-electron chi connectivity index (χ1n) is 1.78. The Morgan fingerprint density at radius 1 is 1.60 bits per heavy atom. The van der Waals surface area contributed by atoms with Crippen molar-refractivity contribution in [1.29, 1.82) is 0 Å². The molecule has 0 aromatic carbocycles. The molecule has 5 heavy (non-hydrogen) atoms. The van der Waals surface area contributed by atoms with E-state index in [1.54, 1.807) is 0 Å². The molecule has 0 nitrogen and oxygen atoms in total. The fourth-order valence-electron chi connectivity index (χ4n) is 0. The van der Waals surface area contributed by atoms with E-state index in [0.29, 0.717) is 0 Å². The average molecular weight is 147 g/mol. The second kappa shape index (κ2) is 2.96. The maximum atomic E-state index is 2.26. The summed E-state index contributed by atoms with van der Waals surface area (Å²) < 4.78 is 2.26. The molecule has 0 unspecified atom stereocenters. The summed E-state index contributed by atoms with van der Waals surface area (Å²) in [6, 6.07) is 0. The molecule has 0 radical (unpaired) electrons. The first-order valence-corrected chi connectivity index (χ1v) is 3.20. The van der Waals surface area contributed by atoms with Gasteiger partial charge in [0.05, 0.1) is 0 Å². The van der Waals surface area contributed by atoms with E-state index in [9.17, 15) is 0 Å². The normalized spacial score (nSPS) is 8.40. The van der Waals surface area contributed by atoms with Crippen LogP contribution >= 0.6 is 0 Å². The maximum absolute atomic E-state index is 2.26. The first kappa shape index (κ1) is 5.75. The van der Waals surface area contributed by atoms with Crippen molar-refractivity contribution in [3.63, 3.8) is 0 Å². The summed E-state index contributed by atoms with van der Waals surface area (Å²) in [5, 5.41) is 0. The van der Waals surface area contributed by atoms with Crippen molar-refractivity contribution < 1.29 is 24.2 Å². The molecule has 0 aromatic heterocycles. The van der Waals surface area contributed by atoms with Gasteiger partial charge in [-0.2, -0.15) is 0 Å². The minimum atomic E-state index is 0.799. The van der Waals surface area contributed by atoms with E-state index >= 15 is 0 Å². The second-order valence-corrected chi connectivity index (χ2v) is 2.23. The van der Waals surface area contributed by atoms with Crippen molar-refractivity contribution in [2.75, 3.05) is 0 Å². The Morgan fingerprint density at radius 2 is 1.80 bits per heavy atom. The van der Waals surface area contributed by atoms with Gasteiger partial charge in [0, 0.05) is 0 Å². The van der Waals surface area contributed by atoms with Crippen LogP contribution in [0.25, 0.3) is 0 Å². The van der Waals surface area contributed by atoms with Crippen molar-refractivity contribution in [3.8, 4) is 0 Å². The Morgan fingerprint density at radius 3 is 1.80 bits per heavy atom. The Bertz CT molecular complexity index is 30.6. The molecule has 0 aromatic rings. The number of hydrogen-bond donors (Lipinski definition) is 0. The molecule has 0 spiro atoms. The van der Waals surface area contributed by atoms with Gasteiger partial charge in [-0.25, -0.2) is 0 Å². The first-order chi connectivity index (χ1) is 2.27. The van der Waals surface area contributed by atoms with E-state index in [1.165, 1.54) is 24.2 Å². The van der Waals surface area contributed by atoms with Crippen LogP contribution in [-0.4, -0.2) is 3.71 Å². The summed E-state index contributed by atoms with van der Waals surface area (Å²) in [6.45, 7) is 4.38. The quantitative estimate of drug-likeness (QED) is 0.519. The zero-order valence-corrected chi connectivity index (χ0v) is 6.11. The van der Waals surface area contributed by atoms with Crippen LogP contribution in [0.3, 0.4) is 0 Å². The van der Waals surface area contributed by atoms with Crippen molar-refractivity contribution in [3.05, 3.63) is 0 Å². The third kappa shape index (κ3) is 4.75. The summed E-state index contributed by atoms with van der Waals surface area (Å²) in [6.07, 6.45) is 0. The minimum absolute atomic E-state index is 0.799. The molecule has 0 bridgehead atoms. The van der Waals surface area contributed by atoms with Crippen LogP contribution in [0, 0.1) is 5.92 Å². The van der Waals surface area contributed by atoms with Gasteiger partial charge in [0.25, 0.3) is 0 Å². The van der Waals surface area contributed by atoms with Gasteiger partial charge in [0.15, 0.2) is 0 Å². The van der Waals surface area contributed by atoms with E-state index in [0.717, 1.165) is 5.92 Å². The van der Waals surface area contributed by atoms with Gasteiger partial charge in [0.1, 0.15) is 0 Å². The predicted octanol–water partition coefficient (Wildman–Crippen LogP) is 0.991. The number of hydrogen-bond acceptors (Lipinski definition) is 0. The van der Waals surface area contributed by atoms with Crippen molar-refractivity contribution in [2.24, 2.45) is 5.92 Å². The fourth-order valence-corrected chi connectivity index (χ4v) is 0. The van der Waals surface area contributed by atoms with Crippen molar-refractivity contribution >= 4 is 3.71 Å². The molecule has 0 aliphatic heterocycles. The van der Waals surface area contributed by atoms with Gasteiger partial charge in [0.2, 0.25) is 0 Å². The van der Waals surface area contributed by atoms with Crippen LogP contribution in [0.2, 0.25) is 0 Å². The molecule has 0 heterocycles. The molecule has 0 N–H and O–H groups in total. The summed E-state index contributed by atoms with van der Waals surface area (Å²) in [4.78, 5) is 0. The van der Waals surface area contributed by atoms with Gasteiger partial charge in [-0.15, -0.1) is 0 Å². The molecule has 0 saturated carbocycles. The summed E-state index contributed by atoms with van der Waals surface area (Å²) in [7, 11) is 0. The molecule has 0 aliphatic rings. The van der Waals surface area contributed by atoms with E-state index in [-0.39, 0.29) is 0 Å². The van der Waals surface area contributed by atoms with E-state index in [2.05, 4.69) is 17.6 Å². The SMILES string of the molecule is CC(C)[CH]=[Zr]. The summed E-state index contributed by atoms with van der Waals surface area (Å²) in [5.74, 6) is 0.799. The molecule has 0 amide bonds. The third-order valence-corrected chi connectivity index (χ3v) is 1.97. The van der Waals surface area contributed by atoms with Crippen molar-refractivity contribution in [2.45, 2.75) is 13.8 Å². The zero-order chi connectivity index (χ0) is 4.28. The fraction of sp³-hybridized carbons (Fsp3) is 0.750. The van der Waals surface area contributed by atoms with Crippen LogP contribution in [0.15, 0.2) is 0 Å². The molecular formula is C4H8Zr. The molecule has 0 atom stereocenters. The molecule has 0 saturated heterocycles. The molecule has 1 heteroatoms. The average Bonchev–Trinajstić information content (AvgIpc) is 1.38. The Labute approximate surface area is 47.9 Å². The van der Waals surface area contributed by atoms with Crippen LogP contribution in [0.4, 0.5) is 0 Å². The summed E-state index contributed by atoms with van der Waals surface area (Å²) in [5.41, 5.74) is 0. The topological polar surface area (TPSA) is 0 Å². The molecule has 0 fully saturated rings. The van der Waals surface area contributed by atoms with Crippen LogP contribution < -0.4 is 0 Å². The van der Waals surface area contributed by atoms with Gasteiger partial charge in [-0.3, -0.25) is 0 Å². The van der Waals surface area contributed by atoms with E-state index < -0.39 is 0 Å². The van der Waals surface area contributed by atoms with Crippen LogP contribution in [0.5, 0.6) is 0 Å². The Hall–Kier alpha value is 0.753. The molecule has 0 rings (SSSR count). The van der Waals surface area contributed by atoms with E-state index in [1.807, 2.05) is 0 Å². The van der Waals surface area contributed by atoms with Gasteiger partial charge in [-0.05, 0) is 0 Å². The van der Waals surface area contributed by atoms with Gasteiger partial charge >= 0.3 is 47.7 Å². The second-order valence-electron chi connectivity index (χ2n) is 1.41. The van der Waals surface area contributed by atoms with Crippen LogP contribution in [0.1, 0.15) is 13.8 Å². The summed E-state index contributed by atoms with van der Waals surface area (Å²) >= 11 is 1.54. The van der Waals surface area contributed by atoms with E-state index in [4.69, 9.17) is 0 Å². The molecule has 28 valence electrons. The standard InChI is InChI=1S/C4H8.Zr/c1-4(2)3;/h1,4H,2-3H3;. The monoisotopic (exact) mass is 146 g/mol. The predicted molar refractivity (Wildman–Crippen MR) is 20.9 cm³/mol. The van der Waals surface area contributed by atoms with Crippen molar-refractivity contribution in [1.82, 2.24) is 0 Å².